The number of fused-ring (bicyclic) bond motifs is 1. The van der Waals surface area contributed by atoms with Crippen molar-refractivity contribution in [3.63, 3.8) is 0 Å². The van der Waals surface area contributed by atoms with E-state index in [4.69, 9.17) is 11.6 Å². The number of nitrogens with one attached hydrogen (secondary N) is 1. The smallest absolute Gasteiger partial charge is 0.330 e. The molecule has 21 heavy (non-hydrogen) atoms. The van der Waals surface area contributed by atoms with Gasteiger partial charge < -0.3 is 10.4 Å². The number of halogens is 2. The third-order valence-corrected chi connectivity index (χ3v) is 4.50. The highest BCUT2D eigenvalue weighted by Crippen LogP contribution is 2.35. The zero-order valence-corrected chi connectivity index (χ0v) is 13.4. The van der Waals surface area contributed by atoms with Gasteiger partial charge in [0, 0.05) is 28.0 Å². The molecule has 108 valence electrons. The number of aliphatic carboxylic acids is 1. The van der Waals surface area contributed by atoms with Crippen LogP contribution in [0.15, 0.2) is 46.9 Å². The molecule has 0 amide bonds. The lowest BCUT2D eigenvalue weighted by atomic mass is 9.95. The van der Waals surface area contributed by atoms with Crippen LogP contribution in [-0.4, -0.2) is 16.6 Å². The fourth-order valence-corrected chi connectivity index (χ4v) is 3.37. The molecule has 1 unspecified atom stereocenters. The molecule has 0 fully saturated rings. The number of carbonyl (C=O) groups is 1. The topological polar surface area (TPSA) is 49.3 Å². The Hall–Kier alpha value is -1.52. The summed E-state index contributed by atoms with van der Waals surface area (Å²) in [6, 6.07) is 13.1. The Kier molecular flexibility index (Phi) is 3.68. The minimum atomic E-state index is -1.02. The van der Waals surface area contributed by atoms with Gasteiger partial charge in [0.15, 0.2) is 0 Å². The highest BCUT2D eigenvalue weighted by Gasteiger charge is 2.44. The maximum atomic E-state index is 11.9. The van der Waals surface area contributed by atoms with Gasteiger partial charge in [0.25, 0.3) is 0 Å². The summed E-state index contributed by atoms with van der Waals surface area (Å²) >= 11 is 9.40. The molecule has 0 saturated carbocycles. The minimum absolute atomic E-state index is 0.421. The normalized spacial score (nSPS) is 20.1. The molecule has 0 bridgehead atoms. The van der Waals surface area contributed by atoms with Gasteiger partial charge in [-0.1, -0.05) is 39.7 Å². The van der Waals surface area contributed by atoms with Crippen molar-refractivity contribution in [3.8, 4) is 0 Å². The van der Waals surface area contributed by atoms with E-state index < -0.39 is 11.5 Å². The fourth-order valence-electron chi connectivity index (χ4n) is 2.78. The van der Waals surface area contributed by atoms with Crippen LogP contribution in [0, 0.1) is 0 Å². The first-order valence-corrected chi connectivity index (χ1v) is 7.70. The molecule has 0 saturated heterocycles. The lowest BCUT2D eigenvalue weighted by molar-refractivity contribution is -0.142. The predicted molar refractivity (Wildman–Crippen MR) is 87.0 cm³/mol. The van der Waals surface area contributed by atoms with E-state index in [1.54, 1.807) is 6.07 Å². The average molecular weight is 367 g/mol. The quantitative estimate of drug-likeness (QED) is 0.858. The number of carboxylic acid groups (broad SMARTS) is 1. The molecule has 0 aliphatic heterocycles. The molecule has 3 rings (SSSR count). The maximum absolute atomic E-state index is 11.9. The first-order chi connectivity index (χ1) is 9.98. The Bertz CT molecular complexity index is 719. The van der Waals surface area contributed by atoms with Crippen LogP contribution in [0.3, 0.4) is 0 Å². The van der Waals surface area contributed by atoms with Gasteiger partial charge in [-0.25, -0.2) is 4.79 Å². The summed E-state index contributed by atoms with van der Waals surface area (Å²) in [5.41, 5.74) is 1.79. The summed E-state index contributed by atoms with van der Waals surface area (Å²) in [4.78, 5) is 11.9. The third-order valence-electron chi connectivity index (χ3n) is 3.77. The van der Waals surface area contributed by atoms with E-state index in [-0.39, 0.29) is 0 Å². The van der Waals surface area contributed by atoms with E-state index in [2.05, 4.69) is 21.2 Å². The van der Waals surface area contributed by atoms with Crippen LogP contribution < -0.4 is 5.32 Å². The van der Waals surface area contributed by atoms with Gasteiger partial charge in [0.1, 0.15) is 5.54 Å². The summed E-state index contributed by atoms with van der Waals surface area (Å²) in [7, 11) is 0. The molecule has 2 aromatic rings. The van der Waals surface area contributed by atoms with Crippen LogP contribution in [0.4, 0.5) is 5.69 Å². The molecule has 0 heterocycles. The van der Waals surface area contributed by atoms with Crippen molar-refractivity contribution in [2.24, 2.45) is 0 Å². The molecule has 3 nitrogen and oxygen atoms in total. The van der Waals surface area contributed by atoms with Gasteiger partial charge in [-0.15, -0.1) is 0 Å². The lowest BCUT2D eigenvalue weighted by Gasteiger charge is -2.27. The largest absolute Gasteiger partial charge is 0.479 e. The van der Waals surface area contributed by atoms with Crippen LogP contribution in [-0.2, 0) is 17.6 Å². The van der Waals surface area contributed by atoms with E-state index in [1.807, 2.05) is 36.4 Å². The van der Waals surface area contributed by atoms with Crippen LogP contribution in [0.1, 0.15) is 11.1 Å². The van der Waals surface area contributed by atoms with Crippen molar-refractivity contribution in [3.05, 3.63) is 63.1 Å². The van der Waals surface area contributed by atoms with Gasteiger partial charge >= 0.3 is 5.97 Å². The van der Waals surface area contributed by atoms with Crippen LogP contribution in [0.25, 0.3) is 0 Å². The predicted octanol–water partition coefficient (Wildman–Crippen LogP) is 4.14. The van der Waals surface area contributed by atoms with E-state index >= 15 is 0 Å². The van der Waals surface area contributed by atoms with Crippen molar-refractivity contribution in [2.45, 2.75) is 18.4 Å². The first-order valence-electron chi connectivity index (χ1n) is 6.53. The van der Waals surface area contributed by atoms with Gasteiger partial charge in [-0.2, -0.15) is 0 Å². The van der Waals surface area contributed by atoms with Crippen molar-refractivity contribution < 1.29 is 9.90 Å². The number of rotatable bonds is 3. The Labute approximate surface area is 136 Å². The number of carboxylic acids is 1. The number of hydrogen-bond acceptors (Lipinski definition) is 2. The highest BCUT2D eigenvalue weighted by molar-refractivity contribution is 9.10. The second kappa shape index (κ2) is 5.35. The molecular weight excluding hydrogens is 354 g/mol. The summed E-state index contributed by atoms with van der Waals surface area (Å²) in [6.45, 7) is 0. The lowest BCUT2D eigenvalue weighted by Crippen LogP contribution is -2.47. The molecule has 0 spiro atoms. The third kappa shape index (κ3) is 2.78. The van der Waals surface area contributed by atoms with Crippen molar-refractivity contribution in [1.29, 1.82) is 0 Å². The highest BCUT2D eigenvalue weighted by atomic mass is 79.9. The average Bonchev–Trinajstić information content (AvgIpc) is 2.77. The molecule has 1 aliphatic carbocycles. The molecule has 1 aliphatic rings. The monoisotopic (exact) mass is 365 g/mol. The second-order valence-corrected chi connectivity index (χ2v) is 6.64. The minimum Gasteiger partial charge on any atom is -0.479 e. The van der Waals surface area contributed by atoms with Crippen molar-refractivity contribution >= 4 is 39.2 Å². The number of hydrogen-bond donors (Lipinski definition) is 2. The van der Waals surface area contributed by atoms with Crippen LogP contribution >= 0.6 is 27.5 Å². The molecular formula is C16H13BrClNO2. The van der Waals surface area contributed by atoms with Gasteiger partial charge in [0.2, 0.25) is 0 Å². The molecule has 2 aromatic carbocycles. The van der Waals surface area contributed by atoms with E-state index in [1.165, 1.54) is 0 Å². The molecule has 0 radical (unpaired) electrons. The molecule has 2 N–H and O–H groups in total. The summed E-state index contributed by atoms with van der Waals surface area (Å²) in [5.74, 6) is -0.852. The van der Waals surface area contributed by atoms with Gasteiger partial charge in [-0.05, 0) is 41.5 Å². The fraction of sp³-hybridized carbons (Fsp3) is 0.188. The van der Waals surface area contributed by atoms with Crippen molar-refractivity contribution in [2.75, 3.05) is 5.32 Å². The second-order valence-electron chi connectivity index (χ2n) is 5.29. The Morgan fingerprint density at radius 1 is 1.19 bits per heavy atom. The summed E-state index contributed by atoms with van der Waals surface area (Å²) < 4.78 is 0.909. The Morgan fingerprint density at radius 3 is 2.67 bits per heavy atom. The van der Waals surface area contributed by atoms with E-state index in [0.29, 0.717) is 17.9 Å². The number of anilines is 1. The van der Waals surface area contributed by atoms with E-state index in [0.717, 1.165) is 21.3 Å². The molecule has 5 heteroatoms. The Morgan fingerprint density at radius 2 is 1.95 bits per heavy atom. The maximum Gasteiger partial charge on any atom is 0.330 e. The number of benzene rings is 2. The van der Waals surface area contributed by atoms with Crippen LogP contribution in [0.2, 0.25) is 5.02 Å². The summed E-state index contributed by atoms with van der Waals surface area (Å²) in [6.07, 6.45) is 0.867. The van der Waals surface area contributed by atoms with Crippen molar-refractivity contribution in [1.82, 2.24) is 0 Å². The first kappa shape index (κ1) is 14.4. The molecule has 0 aromatic heterocycles. The van der Waals surface area contributed by atoms with Gasteiger partial charge in [-0.3, -0.25) is 0 Å². The standard InChI is InChI=1S/C16H13BrClNO2/c17-12-2-1-3-14(7-12)19-16(15(20)21)8-10-4-5-13(18)6-11(10)9-16/h1-7,19H,8-9H2,(H,20,21). The SMILES string of the molecule is O=C(O)C1(Nc2cccc(Br)c2)Cc2ccc(Cl)cc2C1. The zero-order chi connectivity index (χ0) is 15.0. The zero-order valence-electron chi connectivity index (χ0n) is 11.1. The summed E-state index contributed by atoms with van der Waals surface area (Å²) in [5, 5.41) is 13.6. The molecule has 1 atom stereocenters. The van der Waals surface area contributed by atoms with Crippen LogP contribution in [0.5, 0.6) is 0 Å². The van der Waals surface area contributed by atoms with Gasteiger partial charge in [0.05, 0.1) is 0 Å². The Balaban J connectivity index is 1.95. The van der Waals surface area contributed by atoms with E-state index in [9.17, 15) is 9.90 Å².